The van der Waals surface area contributed by atoms with E-state index in [4.69, 9.17) is 0 Å². The molecule has 10 rings (SSSR count). The molecule has 0 bridgehead atoms. The molecule has 386 valence electrons. The van der Waals surface area contributed by atoms with Gasteiger partial charge in [0, 0.05) is 32.7 Å². The van der Waals surface area contributed by atoms with Crippen LogP contribution in [0.15, 0.2) is 152 Å². The molecule has 0 unspecified atom stereocenters. The van der Waals surface area contributed by atoms with E-state index in [0.717, 1.165) is 28.8 Å². The quantitative estimate of drug-likeness (QED) is 0.158. The number of hydrogen-bond donors (Lipinski definition) is 0. The van der Waals surface area contributed by atoms with Crippen LogP contribution >= 0.6 is 0 Å². The average molecular weight is 1070 g/mol. The van der Waals surface area contributed by atoms with E-state index >= 15 is 26.3 Å². The maximum Gasteiger partial charge on any atom is 0.417 e. The molecule has 0 fully saturated rings. The Labute approximate surface area is 414 Å². The van der Waals surface area contributed by atoms with Gasteiger partial charge in [0.15, 0.2) is 0 Å². The van der Waals surface area contributed by atoms with Gasteiger partial charge in [-0.05, 0) is 113 Å². The van der Waals surface area contributed by atoms with Crippen LogP contribution in [0.4, 0.5) is 79.0 Å². The highest BCUT2D eigenvalue weighted by atomic mass is 19.4. The number of alkyl halides is 18. The van der Waals surface area contributed by atoms with E-state index in [1.807, 2.05) is 6.07 Å². The lowest BCUT2D eigenvalue weighted by molar-refractivity contribution is -0.144. The van der Waals surface area contributed by atoms with Crippen molar-refractivity contribution in [1.29, 1.82) is 5.26 Å². The second-order valence-corrected chi connectivity index (χ2v) is 17.4. The molecule has 0 saturated heterocycles. The van der Waals surface area contributed by atoms with Crippen LogP contribution in [0.25, 0.3) is 88.4 Å². The SMILES string of the molecule is N#Cc1c(-n2c3ccccc3c3cc(-c4cc(C(F)(F)F)cc(C(F)(F)F)c4)ccc32)ccc(-c2c(C(F)(F)F)cccc2C(F)(F)F)c1-n1c2ccccc2c2cc(-c3cc(C(F)(F)F)cc(C(F)(F)F)c3)ccc21. The van der Waals surface area contributed by atoms with Crippen LogP contribution in [0.5, 0.6) is 0 Å². The summed E-state index contributed by atoms with van der Waals surface area (Å²) in [4.78, 5) is 0. The van der Waals surface area contributed by atoms with Gasteiger partial charge in [-0.15, -0.1) is 0 Å². The summed E-state index contributed by atoms with van der Waals surface area (Å²) in [5.41, 5.74) is -15.1. The number of halogens is 18. The van der Waals surface area contributed by atoms with Gasteiger partial charge in [0.2, 0.25) is 0 Å². The van der Waals surface area contributed by atoms with Crippen LogP contribution in [0.3, 0.4) is 0 Å². The monoisotopic (exact) mass is 1070 g/mol. The predicted molar refractivity (Wildman–Crippen MR) is 246 cm³/mol. The van der Waals surface area contributed by atoms with Crippen molar-refractivity contribution in [3.05, 3.63) is 191 Å². The van der Waals surface area contributed by atoms with Crippen LogP contribution in [0.2, 0.25) is 0 Å². The molecule has 0 amide bonds. The molecule has 0 aliphatic heterocycles. The minimum Gasteiger partial charge on any atom is -0.308 e. The zero-order chi connectivity index (χ0) is 54.8. The van der Waals surface area contributed by atoms with Gasteiger partial charge in [0.05, 0.1) is 66.8 Å². The molecule has 76 heavy (non-hydrogen) atoms. The zero-order valence-electron chi connectivity index (χ0n) is 37.6. The van der Waals surface area contributed by atoms with Crippen LogP contribution in [-0.4, -0.2) is 9.13 Å². The van der Waals surface area contributed by atoms with Gasteiger partial charge in [-0.1, -0.05) is 60.7 Å². The lowest BCUT2D eigenvalue weighted by Gasteiger charge is -2.24. The molecule has 0 aliphatic rings. The van der Waals surface area contributed by atoms with E-state index in [2.05, 4.69) is 0 Å². The molecule has 0 radical (unpaired) electrons. The van der Waals surface area contributed by atoms with Crippen molar-refractivity contribution in [3.63, 3.8) is 0 Å². The fourth-order valence-corrected chi connectivity index (χ4v) is 9.67. The Morgan fingerprint density at radius 1 is 0.329 bits per heavy atom. The number of hydrogen-bond acceptors (Lipinski definition) is 1. The standard InChI is InChI=1S/C55H25F18N3/c56-50(57,58)31-18-29(19-32(24-31)51(59,60)61)27-12-15-45-38(22-27)35-6-1-3-10-43(35)75(45)47-17-14-37(48-41(54(68,69)70)8-5-9-42(48)55(71,72)73)49(40(47)26-74)76-44-11-4-2-7-36(44)39-23-28(13-16-46(39)76)30-20-33(52(62,63)64)25-34(21-30)53(65,66)67/h1-25H. The molecule has 10 aromatic rings. The number of para-hydroxylation sites is 2. The number of nitrogens with zero attached hydrogens (tertiary/aromatic N) is 3. The highest BCUT2D eigenvalue weighted by molar-refractivity contribution is 6.13. The maximum absolute atomic E-state index is 15.1. The smallest absolute Gasteiger partial charge is 0.308 e. The van der Waals surface area contributed by atoms with Crippen LogP contribution < -0.4 is 0 Å². The molecule has 0 aliphatic carbocycles. The second-order valence-electron chi connectivity index (χ2n) is 17.4. The van der Waals surface area contributed by atoms with E-state index in [-0.39, 0.29) is 72.6 Å². The summed E-state index contributed by atoms with van der Waals surface area (Å²) in [6.45, 7) is 0. The van der Waals surface area contributed by atoms with Gasteiger partial charge in [0.1, 0.15) is 11.6 Å². The van der Waals surface area contributed by atoms with Crippen molar-refractivity contribution in [3.8, 4) is 50.8 Å². The first-order valence-electron chi connectivity index (χ1n) is 22.0. The average Bonchev–Trinajstić information content (AvgIpc) is 3.85. The van der Waals surface area contributed by atoms with Gasteiger partial charge in [-0.3, -0.25) is 0 Å². The molecule has 0 spiro atoms. The Morgan fingerprint density at radius 2 is 0.711 bits per heavy atom. The van der Waals surface area contributed by atoms with Crippen molar-refractivity contribution < 1.29 is 79.0 Å². The Kier molecular flexibility index (Phi) is 11.6. The molecular formula is C55H25F18N3. The number of fused-ring (bicyclic) bond motifs is 6. The van der Waals surface area contributed by atoms with Crippen molar-refractivity contribution in [2.45, 2.75) is 37.1 Å². The molecule has 0 atom stereocenters. The van der Waals surface area contributed by atoms with E-state index in [1.165, 1.54) is 77.4 Å². The van der Waals surface area contributed by atoms with Gasteiger partial charge in [-0.2, -0.15) is 84.3 Å². The summed E-state index contributed by atoms with van der Waals surface area (Å²) in [6.07, 6.45) is -31.9. The maximum atomic E-state index is 15.1. The Morgan fingerprint density at radius 3 is 1.11 bits per heavy atom. The molecule has 2 heterocycles. The molecular weight excluding hydrogens is 1040 g/mol. The minimum atomic E-state index is -5.49. The normalized spacial score (nSPS) is 13.1. The van der Waals surface area contributed by atoms with Gasteiger partial charge in [0.25, 0.3) is 0 Å². The highest BCUT2D eigenvalue weighted by Crippen LogP contribution is 2.50. The lowest BCUT2D eigenvalue weighted by atomic mass is 9.90. The van der Waals surface area contributed by atoms with E-state index < -0.39 is 104 Å². The van der Waals surface area contributed by atoms with Crippen LogP contribution in [-0.2, 0) is 37.1 Å². The van der Waals surface area contributed by atoms with Crippen molar-refractivity contribution in [2.24, 2.45) is 0 Å². The van der Waals surface area contributed by atoms with Gasteiger partial charge >= 0.3 is 37.1 Å². The molecule has 2 aromatic heterocycles. The van der Waals surface area contributed by atoms with Crippen LogP contribution in [0, 0.1) is 11.3 Å². The van der Waals surface area contributed by atoms with Gasteiger partial charge in [-0.25, -0.2) is 0 Å². The summed E-state index contributed by atoms with van der Waals surface area (Å²) >= 11 is 0. The summed E-state index contributed by atoms with van der Waals surface area (Å²) < 4.78 is 262. The number of nitriles is 1. The Hall–Kier alpha value is -8.41. The summed E-state index contributed by atoms with van der Waals surface area (Å²) in [6, 6.07) is 25.8. The number of benzene rings is 8. The molecule has 0 N–H and O–H groups in total. The van der Waals surface area contributed by atoms with Crippen molar-refractivity contribution in [2.75, 3.05) is 0 Å². The first kappa shape index (κ1) is 51.1. The number of rotatable bonds is 5. The third kappa shape index (κ3) is 8.77. The third-order valence-electron chi connectivity index (χ3n) is 12.9. The topological polar surface area (TPSA) is 33.6 Å². The molecule has 21 heteroatoms. The van der Waals surface area contributed by atoms with E-state index in [0.29, 0.717) is 42.5 Å². The second kappa shape index (κ2) is 17.3. The highest BCUT2D eigenvalue weighted by Gasteiger charge is 2.43. The lowest BCUT2D eigenvalue weighted by Crippen LogP contribution is -2.16. The third-order valence-corrected chi connectivity index (χ3v) is 12.9. The van der Waals surface area contributed by atoms with Gasteiger partial charge < -0.3 is 9.13 Å². The molecule has 0 saturated carbocycles. The Bertz CT molecular complexity index is 3940. The van der Waals surface area contributed by atoms with Crippen LogP contribution in [0.1, 0.15) is 38.9 Å². The zero-order valence-corrected chi connectivity index (χ0v) is 37.6. The number of aromatic nitrogens is 2. The first-order valence-corrected chi connectivity index (χ1v) is 22.0. The fraction of sp³-hybridized carbons (Fsp3) is 0.109. The predicted octanol–water partition coefficient (Wildman–Crippen LogP) is 18.9. The van der Waals surface area contributed by atoms with Crippen molar-refractivity contribution >= 4 is 43.6 Å². The largest absolute Gasteiger partial charge is 0.417 e. The first-order chi connectivity index (χ1) is 35.4. The summed E-state index contributed by atoms with van der Waals surface area (Å²) in [7, 11) is 0. The van der Waals surface area contributed by atoms with E-state index in [1.54, 1.807) is 0 Å². The fourth-order valence-electron chi connectivity index (χ4n) is 9.67. The molecule has 8 aromatic carbocycles. The molecule has 3 nitrogen and oxygen atoms in total. The van der Waals surface area contributed by atoms with E-state index in [9.17, 15) is 57.9 Å². The minimum absolute atomic E-state index is 0.00660. The summed E-state index contributed by atoms with van der Waals surface area (Å²) in [5, 5.41) is 11.9. The van der Waals surface area contributed by atoms with Crippen molar-refractivity contribution in [1.82, 2.24) is 9.13 Å². The summed E-state index contributed by atoms with van der Waals surface area (Å²) in [5.74, 6) is 0. The Balaban J connectivity index is 1.31.